The predicted octanol–water partition coefficient (Wildman–Crippen LogP) is 2.74. The van der Waals surface area contributed by atoms with Crippen LogP contribution in [0.5, 0.6) is 11.5 Å². The van der Waals surface area contributed by atoms with Crippen LogP contribution < -0.4 is 9.47 Å². The van der Waals surface area contributed by atoms with Crippen molar-refractivity contribution in [3.63, 3.8) is 0 Å². The highest BCUT2D eigenvalue weighted by molar-refractivity contribution is 5.88. The van der Waals surface area contributed by atoms with Crippen LogP contribution in [0.4, 0.5) is 0 Å². The first-order valence-corrected chi connectivity index (χ1v) is 5.24. The van der Waals surface area contributed by atoms with Gasteiger partial charge in [0.2, 0.25) is 0 Å². The van der Waals surface area contributed by atoms with Crippen LogP contribution in [0, 0.1) is 0 Å². The van der Waals surface area contributed by atoms with Crippen molar-refractivity contribution in [3.8, 4) is 11.5 Å². The van der Waals surface area contributed by atoms with Crippen LogP contribution in [0.15, 0.2) is 29.8 Å². The number of allylic oxidation sites excluding steroid dienone is 1. The number of carboxylic acids is 1. The number of benzene rings is 1. The number of rotatable bonds is 5. The first kappa shape index (κ1) is 13.1. The van der Waals surface area contributed by atoms with Gasteiger partial charge in [-0.05, 0) is 37.6 Å². The van der Waals surface area contributed by atoms with Gasteiger partial charge in [-0.3, -0.25) is 0 Å². The van der Waals surface area contributed by atoms with E-state index in [9.17, 15) is 4.79 Å². The highest BCUT2D eigenvalue weighted by Crippen LogP contribution is 2.28. The van der Waals surface area contributed by atoms with Gasteiger partial charge in [0.25, 0.3) is 0 Å². The first-order chi connectivity index (χ1) is 8.08. The molecular formula is C13H16O4. The van der Waals surface area contributed by atoms with Gasteiger partial charge in [-0.25, -0.2) is 4.79 Å². The van der Waals surface area contributed by atoms with Crippen molar-refractivity contribution in [3.05, 3.63) is 35.4 Å². The number of ether oxygens (including phenoxy) is 2. The van der Waals surface area contributed by atoms with Gasteiger partial charge >= 0.3 is 5.97 Å². The molecule has 4 nitrogen and oxygen atoms in total. The van der Waals surface area contributed by atoms with Gasteiger partial charge in [0.15, 0.2) is 11.5 Å². The minimum absolute atomic E-state index is 0.180. The molecule has 0 unspecified atom stereocenters. The second-order valence-electron chi connectivity index (χ2n) is 3.59. The lowest BCUT2D eigenvalue weighted by atomic mass is 10.2. The lowest BCUT2D eigenvalue weighted by Gasteiger charge is -2.11. The third-order valence-electron chi connectivity index (χ3n) is 2.36. The van der Waals surface area contributed by atoms with E-state index in [0.29, 0.717) is 18.1 Å². The molecule has 0 aliphatic carbocycles. The summed E-state index contributed by atoms with van der Waals surface area (Å²) in [6.07, 6.45) is 1.94. The Morgan fingerprint density at radius 2 is 2.12 bits per heavy atom. The second kappa shape index (κ2) is 5.94. The molecule has 17 heavy (non-hydrogen) atoms. The first-order valence-electron chi connectivity index (χ1n) is 5.24. The van der Waals surface area contributed by atoms with Gasteiger partial charge in [0, 0.05) is 0 Å². The second-order valence-corrected chi connectivity index (χ2v) is 3.59. The molecule has 0 spiro atoms. The fourth-order valence-electron chi connectivity index (χ4n) is 1.20. The summed E-state index contributed by atoms with van der Waals surface area (Å²) in [5, 5.41) is 8.89. The van der Waals surface area contributed by atoms with E-state index in [4.69, 9.17) is 14.6 Å². The van der Waals surface area contributed by atoms with Gasteiger partial charge in [0.05, 0.1) is 12.7 Å². The molecule has 4 heteroatoms. The molecule has 0 aliphatic rings. The summed E-state index contributed by atoms with van der Waals surface area (Å²) in [5.74, 6) is -0.0206. The van der Waals surface area contributed by atoms with Gasteiger partial charge in [-0.15, -0.1) is 0 Å². The Hall–Kier alpha value is -1.97. The van der Waals surface area contributed by atoms with E-state index >= 15 is 0 Å². The minimum atomic E-state index is -0.986. The van der Waals surface area contributed by atoms with Crippen LogP contribution in [0.3, 0.4) is 0 Å². The fourth-order valence-corrected chi connectivity index (χ4v) is 1.20. The Labute approximate surface area is 100 Å². The van der Waals surface area contributed by atoms with Crippen LogP contribution in [0.2, 0.25) is 0 Å². The van der Waals surface area contributed by atoms with Crippen molar-refractivity contribution in [2.75, 3.05) is 13.7 Å². The quantitative estimate of drug-likeness (QED) is 0.799. The highest BCUT2D eigenvalue weighted by Gasteiger charge is 2.09. The van der Waals surface area contributed by atoms with Crippen molar-refractivity contribution in [2.24, 2.45) is 0 Å². The average Bonchev–Trinajstić information content (AvgIpc) is 2.35. The third-order valence-corrected chi connectivity index (χ3v) is 2.36. The molecule has 1 aromatic rings. The zero-order valence-electron chi connectivity index (χ0n) is 10.2. The number of hydrogen-bond acceptors (Lipinski definition) is 3. The van der Waals surface area contributed by atoms with E-state index in [1.165, 1.54) is 19.2 Å². The predicted molar refractivity (Wildman–Crippen MR) is 64.9 cm³/mol. The minimum Gasteiger partial charge on any atom is -0.493 e. The molecule has 0 fully saturated rings. The molecule has 1 N–H and O–H groups in total. The molecule has 0 aromatic heterocycles. The third kappa shape index (κ3) is 3.52. The monoisotopic (exact) mass is 236 g/mol. The summed E-state index contributed by atoms with van der Waals surface area (Å²) in [6, 6.07) is 4.53. The highest BCUT2D eigenvalue weighted by atomic mass is 16.5. The molecular weight excluding hydrogens is 220 g/mol. The summed E-state index contributed by atoms with van der Waals surface area (Å²) in [4.78, 5) is 10.8. The van der Waals surface area contributed by atoms with Gasteiger partial charge in [-0.2, -0.15) is 0 Å². The Balaban J connectivity index is 2.94. The van der Waals surface area contributed by atoms with E-state index < -0.39 is 5.97 Å². The number of aromatic carboxylic acids is 1. The van der Waals surface area contributed by atoms with Crippen LogP contribution in [0.25, 0.3) is 0 Å². The normalized spacial score (nSPS) is 11.1. The summed E-state index contributed by atoms with van der Waals surface area (Å²) in [5.41, 5.74) is 1.24. The van der Waals surface area contributed by atoms with Crippen LogP contribution >= 0.6 is 0 Å². The molecule has 0 saturated carbocycles. The molecule has 0 atom stereocenters. The van der Waals surface area contributed by atoms with Crippen LogP contribution in [0.1, 0.15) is 24.2 Å². The average molecular weight is 236 g/mol. The van der Waals surface area contributed by atoms with Crippen molar-refractivity contribution in [2.45, 2.75) is 13.8 Å². The maximum absolute atomic E-state index is 10.8. The number of carboxylic acid groups (broad SMARTS) is 1. The molecule has 0 bridgehead atoms. The van der Waals surface area contributed by atoms with Crippen molar-refractivity contribution >= 4 is 5.97 Å². The van der Waals surface area contributed by atoms with E-state index in [1.54, 1.807) is 6.07 Å². The Morgan fingerprint density at radius 1 is 1.41 bits per heavy atom. The molecule has 0 radical (unpaired) electrons. The molecule has 1 rings (SSSR count). The largest absolute Gasteiger partial charge is 0.493 e. The van der Waals surface area contributed by atoms with Gasteiger partial charge in [-0.1, -0.05) is 6.08 Å². The van der Waals surface area contributed by atoms with Crippen molar-refractivity contribution in [1.82, 2.24) is 0 Å². The number of methoxy groups -OCH3 is 1. The Kier molecular flexibility index (Phi) is 4.57. The topological polar surface area (TPSA) is 55.8 Å². The molecule has 1 aromatic carbocycles. The van der Waals surface area contributed by atoms with E-state index in [1.807, 2.05) is 19.9 Å². The maximum atomic E-state index is 10.8. The standard InChI is InChI=1S/C13H16O4/c1-4-9(2)8-17-12-7-10(13(14)15)5-6-11(12)16-3/h4-7H,8H2,1-3H3,(H,14,15)/b9-4+. The SMILES string of the molecule is C/C=C(\C)COc1cc(C(=O)O)ccc1OC. The molecule has 0 amide bonds. The summed E-state index contributed by atoms with van der Waals surface area (Å²) < 4.78 is 10.6. The molecule has 92 valence electrons. The molecule has 0 heterocycles. The number of carbonyl (C=O) groups is 1. The Bertz CT molecular complexity index is 435. The summed E-state index contributed by atoms with van der Waals surface area (Å²) in [7, 11) is 1.52. The Morgan fingerprint density at radius 3 is 2.65 bits per heavy atom. The van der Waals surface area contributed by atoms with Gasteiger partial charge in [0.1, 0.15) is 6.61 Å². The van der Waals surface area contributed by atoms with Crippen molar-refractivity contribution < 1.29 is 19.4 Å². The lowest BCUT2D eigenvalue weighted by molar-refractivity contribution is 0.0696. The smallest absolute Gasteiger partial charge is 0.335 e. The van der Waals surface area contributed by atoms with Crippen LogP contribution in [-0.4, -0.2) is 24.8 Å². The fraction of sp³-hybridized carbons (Fsp3) is 0.308. The molecule has 0 aliphatic heterocycles. The van der Waals surface area contributed by atoms with E-state index in [-0.39, 0.29) is 5.56 Å². The number of hydrogen-bond donors (Lipinski definition) is 1. The lowest BCUT2D eigenvalue weighted by Crippen LogP contribution is -2.03. The van der Waals surface area contributed by atoms with Gasteiger partial charge < -0.3 is 14.6 Å². The molecule has 0 saturated heterocycles. The van der Waals surface area contributed by atoms with E-state index in [0.717, 1.165) is 5.57 Å². The summed E-state index contributed by atoms with van der Waals surface area (Å²) in [6.45, 7) is 4.27. The van der Waals surface area contributed by atoms with Crippen molar-refractivity contribution in [1.29, 1.82) is 0 Å². The zero-order chi connectivity index (χ0) is 12.8. The van der Waals surface area contributed by atoms with E-state index in [2.05, 4.69) is 0 Å². The maximum Gasteiger partial charge on any atom is 0.335 e. The van der Waals surface area contributed by atoms with Crippen LogP contribution in [-0.2, 0) is 0 Å². The summed E-state index contributed by atoms with van der Waals surface area (Å²) >= 11 is 0. The zero-order valence-corrected chi connectivity index (χ0v) is 10.2.